The van der Waals surface area contributed by atoms with Crippen molar-refractivity contribution in [2.45, 2.75) is 57.8 Å². The Balaban J connectivity index is 3.36. The van der Waals surface area contributed by atoms with Gasteiger partial charge in [0.1, 0.15) is 0 Å². The number of esters is 1. The van der Waals surface area contributed by atoms with E-state index in [-0.39, 0.29) is 5.97 Å². The van der Waals surface area contributed by atoms with Crippen LogP contribution in [0.5, 0.6) is 0 Å². The maximum Gasteiger partial charge on any atom is 0.305 e. The van der Waals surface area contributed by atoms with Crippen LogP contribution in [0, 0.1) is 0 Å². The van der Waals surface area contributed by atoms with Crippen LogP contribution in [0.4, 0.5) is 0 Å². The van der Waals surface area contributed by atoms with Crippen LogP contribution in [0.15, 0.2) is 49.1 Å². The molecule has 0 N–H and O–H groups in total. The second-order valence-corrected chi connectivity index (χ2v) is 4.93. The van der Waals surface area contributed by atoms with Gasteiger partial charge in [0.2, 0.25) is 0 Å². The molecule has 0 aromatic carbocycles. The van der Waals surface area contributed by atoms with E-state index in [1.165, 1.54) is 13.5 Å². The lowest BCUT2D eigenvalue weighted by Gasteiger charge is -1.96. The quantitative estimate of drug-likeness (QED) is 0.253. The van der Waals surface area contributed by atoms with Crippen molar-refractivity contribution in [1.29, 1.82) is 0 Å². The van der Waals surface area contributed by atoms with Crippen molar-refractivity contribution in [2.24, 2.45) is 0 Å². The maximum atomic E-state index is 10.9. The van der Waals surface area contributed by atoms with Gasteiger partial charge in [0.05, 0.1) is 7.11 Å². The van der Waals surface area contributed by atoms with E-state index in [1.807, 2.05) is 6.08 Å². The van der Waals surface area contributed by atoms with Crippen LogP contribution in [-0.2, 0) is 9.53 Å². The molecule has 0 saturated heterocycles. The molecule has 0 heterocycles. The van der Waals surface area contributed by atoms with Gasteiger partial charge in [-0.3, -0.25) is 4.79 Å². The van der Waals surface area contributed by atoms with Gasteiger partial charge in [-0.15, -0.1) is 6.58 Å². The zero-order valence-corrected chi connectivity index (χ0v) is 13.4. The Morgan fingerprint density at radius 3 is 2.00 bits per heavy atom. The lowest BCUT2D eigenvalue weighted by molar-refractivity contribution is -0.140. The molecule has 0 aliphatic rings. The van der Waals surface area contributed by atoms with Gasteiger partial charge in [-0.1, -0.05) is 42.5 Å². The molecule has 0 aromatic rings. The van der Waals surface area contributed by atoms with Crippen molar-refractivity contribution in [3.63, 3.8) is 0 Å². The summed E-state index contributed by atoms with van der Waals surface area (Å²) < 4.78 is 4.59. The van der Waals surface area contributed by atoms with Crippen molar-refractivity contribution in [2.75, 3.05) is 7.11 Å². The van der Waals surface area contributed by atoms with E-state index in [4.69, 9.17) is 0 Å². The van der Waals surface area contributed by atoms with Crippen LogP contribution >= 0.6 is 0 Å². The topological polar surface area (TPSA) is 26.3 Å². The number of hydrogen-bond donors (Lipinski definition) is 0. The highest BCUT2D eigenvalue weighted by molar-refractivity contribution is 5.68. The Kier molecular flexibility index (Phi) is 15.3. The lowest BCUT2D eigenvalue weighted by atomic mass is 10.2. The van der Waals surface area contributed by atoms with Crippen molar-refractivity contribution >= 4 is 5.97 Å². The predicted molar refractivity (Wildman–Crippen MR) is 91.2 cm³/mol. The smallest absolute Gasteiger partial charge is 0.305 e. The summed E-state index contributed by atoms with van der Waals surface area (Å²) in [7, 11) is 1.44. The highest BCUT2D eigenvalue weighted by atomic mass is 16.5. The number of methoxy groups -OCH3 is 1. The molecule has 0 fully saturated rings. The first-order valence-electron chi connectivity index (χ1n) is 7.94. The number of unbranched alkanes of at least 4 members (excludes halogenated alkanes) is 4. The summed E-state index contributed by atoms with van der Waals surface area (Å²) in [5.74, 6) is -0.112. The first-order chi connectivity index (χ1) is 10.3. The molecule has 0 aliphatic heterocycles. The van der Waals surface area contributed by atoms with Gasteiger partial charge in [-0.05, 0) is 51.4 Å². The highest BCUT2D eigenvalue weighted by Gasteiger charge is 1.97. The maximum absolute atomic E-state index is 10.9. The van der Waals surface area contributed by atoms with Crippen LogP contribution in [0.25, 0.3) is 0 Å². The second-order valence-electron chi connectivity index (χ2n) is 4.93. The Morgan fingerprint density at radius 1 is 0.857 bits per heavy atom. The molecule has 0 aromatic heterocycles. The number of rotatable bonds is 13. The molecule has 0 aliphatic carbocycles. The summed E-state index contributed by atoms with van der Waals surface area (Å²) >= 11 is 0. The summed E-state index contributed by atoms with van der Waals surface area (Å²) in [6.45, 7) is 3.71. The summed E-state index contributed by atoms with van der Waals surface area (Å²) in [5, 5.41) is 0. The molecule has 0 amide bonds. The van der Waals surface area contributed by atoms with Crippen LogP contribution < -0.4 is 0 Å². The number of ether oxygens (including phenoxy) is 1. The molecule has 0 unspecified atom stereocenters. The summed E-state index contributed by atoms with van der Waals surface area (Å²) in [6, 6.07) is 0. The fourth-order valence-corrected chi connectivity index (χ4v) is 1.79. The van der Waals surface area contributed by atoms with Crippen LogP contribution in [0.2, 0.25) is 0 Å². The third kappa shape index (κ3) is 16.4. The van der Waals surface area contributed by atoms with E-state index in [0.29, 0.717) is 6.42 Å². The third-order valence-corrected chi connectivity index (χ3v) is 3.05. The van der Waals surface area contributed by atoms with Gasteiger partial charge in [0.25, 0.3) is 0 Å². The minimum absolute atomic E-state index is 0.112. The molecule has 21 heavy (non-hydrogen) atoms. The largest absolute Gasteiger partial charge is 0.469 e. The fraction of sp³-hybridized carbons (Fsp3) is 0.526. The number of carbonyl (C=O) groups excluding carboxylic acids is 1. The number of carbonyl (C=O) groups is 1. The third-order valence-electron chi connectivity index (χ3n) is 3.05. The molecular formula is C19H30O2. The Hall–Kier alpha value is -1.57. The normalized spacial score (nSPS) is 11.7. The van der Waals surface area contributed by atoms with Crippen molar-refractivity contribution in [3.05, 3.63) is 49.1 Å². The number of hydrogen-bond acceptors (Lipinski definition) is 2. The van der Waals surface area contributed by atoms with Gasteiger partial charge in [0, 0.05) is 6.42 Å². The van der Waals surface area contributed by atoms with Crippen LogP contribution in [0.3, 0.4) is 0 Å². The highest BCUT2D eigenvalue weighted by Crippen LogP contribution is 2.03. The van der Waals surface area contributed by atoms with Crippen LogP contribution in [-0.4, -0.2) is 13.1 Å². The standard InChI is InChI=1S/C19H30O2/c1-3-4-5-6-7-8-9-10-11-12-13-14-15-16-17-18-19(20)21-2/h3,7-8,10-11,13-14H,1,4-6,9,12,15-18H2,2H3. The van der Waals surface area contributed by atoms with Gasteiger partial charge < -0.3 is 4.74 Å². The van der Waals surface area contributed by atoms with Crippen LogP contribution in [0.1, 0.15) is 57.8 Å². The molecular weight excluding hydrogens is 260 g/mol. The molecule has 118 valence electrons. The first kappa shape index (κ1) is 19.4. The SMILES string of the molecule is C=CCCCC=CCC=CCC=CCCCCC(=O)OC. The van der Waals surface area contributed by atoms with E-state index < -0.39 is 0 Å². The molecule has 0 rings (SSSR count). The Labute approximate surface area is 130 Å². The van der Waals surface area contributed by atoms with Crippen molar-refractivity contribution in [3.8, 4) is 0 Å². The van der Waals surface area contributed by atoms with Gasteiger partial charge in [-0.25, -0.2) is 0 Å². The molecule has 0 saturated carbocycles. The number of allylic oxidation sites excluding steroid dienone is 7. The summed E-state index contributed by atoms with van der Waals surface area (Å²) in [5.41, 5.74) is 0. The van der Waals surface area contributed by atoms with Crippen molar-refractivity contribution in [1.82, 2.24) is 0 Å². The van der Waals surface area contributed by atoms with E-state index in [0.717, 1.165) is 44.9 Å². The zero-order valence-electron chi connectivity index (χ0n) is 13.4. The Morgan fingerprint density at radius 2 is 1.43 bits per heavy atom. The predicted octanol–water partition coefficient (Wildman–Crippen LogP) is 5.52. The van der Waals surface area contributed by atoms with E-state index in [9.17, 15) is 4.79 Å². The first-order valence-corrected chi connectivity index (χ1v) is 7.94. The zero-order chi connectivity index (χ0) is 15.6. The minimum atomic E-state index is -0.112. The fourth-order valence-electron chi connectivity index (χ4n) is 1.79. The van der Waals surface area contributed by atoms with E-state index >= 15 is 0 Å². The van der Waals surface area contributed by atoms with Gasteiger partial charge in [-0.2, -0.15) is 0 Å². The van der Waals surface area contributed by atoms with Gasteiger partial charge in [0.15, 0.2) is 0 Å². The molecule has 0 radical (unpaired) electrons. The summed E-state index contributed by atoms with van der Waals surface area (Å²) in [4.78, 5) is 10.9. The van der Waals surface area contributed by atoms with Gasteiger partial charge >= 0.3 is 5.97 Å². The van der Waals surface area contributed by atoms with Crippen molar-refractivity contribution < 1.29 is 9.53 Å². The molecule has 2 heteroatoms. The molecule has 2 nitrogen and oxygen atoms in total. The average Bonchev–Trinajstić information content (AvgIpc) is 2.50. The van der Waals surface area contributed by atoms with E-state index in [1.54, 1.807) is 0 Å². The van der Waals surface area contributed by atoms with E-state index in [2.05, 4.69) is 47.8 Å². The molecule has 0 bridgehead atoms. The monoisotopic (exact) mass is 290 g/mol. The average molecular weight is 290 g/mol. The molecule has 0 atom stereocenters. The lowest BCUT2D eigenvalue weighted by Crippen LogP contribution is -1.98. The second kappa shape index (κ2) is 16.5. The summed E-state index contributed by atoms with van der Waals surface area (Å²) in [6.07, 6.45) is 24.2. The Bertz CT molecular complexity index is 337. The minimum Gasteiger partial charge on any atom is -0.469 e. The molecule has 0 spiro atoms.